The summed E-state index contributed by atoms with van der Waals surface area (Å²) in [6.45, 7) is 4.89. The Morgan fingerprint density at radius 1 is 1.36 bits per heavy atom. The first-order chi connectivity index (χ1) is 10.6. The quantitative estimate of drug-likeness (QED) is 0.857. The summed E-state index contributed by atoms with van der Waals surface area (Å²) < 4.78 is 11.7. The number of carbonyl (C=O) groups is 1. The predicted octanol–water partition coefficient (Wildman–Crippen LogP) is 3.14. The Hall–Kier alpha value is -1.10. The molecule has 2 saturated heterocycles. The number of piperidine rings is 1. The topological polar surface area (TPSA) is 38.8 Å². The number of ether oxygens (including phenoxy) is 2. The van der Waals surface area contributed by atoms with Crippen LogP contribution in [0.3, 0.4) is 0 Å². The van der Waals surface area contributed by atoms with E-state index in [4.69, 9.17) is 21.1 Å². The number of rotatable bonds is 3. The molecule has 1 aromatic carbocycles. The van der Waals surface area contributed by atoms with E-state index >= 15 is 0 Å². The van der Waals surface area contributed by atoms with Crippen molar-refractivity contribution in [2.45, 2.75) is 37.9 Å². The Morgan fingerprint density at radius 3 is 2.68 bits per heavy atom. The highest BCUT2D eigenvalue weighted by atomic mass is 35.5. The van der Waals surface area contributed by atoms with E-state index in [1.807, 2.05) is 11.8 Å². The van der Waals surface area contributed by atoms with Crippen LogP contribution in [0.4, 0.5) is 0 Å². The van der Waals surface area contributed by atoms with E-state index in [1.165, 1.54) is 0 Å². The van der Waals surface area contributed by atoms with Crippen molar-refractivity contribution in [2.75, 3.05) is 26.3 Å². The van der Waals surface area contributed by atoms with Gasteiger partial charge in [-0.05, 0) is 44.0 Å². The Balaban J connectivity index is 1.58. The zero-order chi connectivity index (χ0) is 15.6. The molecule has 1 atom stereocenters. The molecular weight excluding hydrogens is 302 g/mol. The van der Waals surface area contributed by atoms with Crippen molar-refractivity contribution in [1.82, 2.24) is 4.90 Å². The first kappa shape index (κ1) is 15.8. The molecule has 1 aromatic rings. The molecule has 0 radical (unpaired) electrons. The highest BCUT2D eigenvalue weighted by Crippen LogP contribution is 2.37. The second-order valence-electron chi connectivity index (χ2n) is 6.07. The van der Waals surface area contributed by atoms with Crippen LogP contribution in [0.15, 0.2) is 24.3 Å². The number of hydrogen-bond donors (Lipinski definition) is 0. The third-order valence-electron chi connectivity index (χ3n) is 4.63. The van der Waals surface area contributed by atoms with E-state index in [9.17, 15) is 4.79 Å². The van der Waals surface area contributed by atoms with Gasteiger partial charge in [0.1, 0.15) is 0 Å². The van der Waals surface area contributed by atoms with Gasteiger partial charge < -0.3 is 14.4 Å². The number of amides is 1. The van der Waals surface area contributed by atoms with Crippen molar-refractivity contribution < 1.29 is 14.3 Å². The van der Waals surface area contributed by atoms with E-state index in [2.05, 4.69) is 0 Å². The summed E-state index contributed by atoms with van der Waals surface area (Å²) in [6.07, 6.45) is 2.93. The maximum Gasteiger partial charge on any atom is 0.253 e. The molecule has 22 heavy (non-hydrogen) atoms. The fourth-order valence-corrected chi connectivity index (χ4v) is 3.51. The maximum absolute atomic E-state index is 12.5. The van der Waals surface area contributed by atoms with Crippen LogP contribution in [0.5, 0.6) is 0 Å². The van der Waals surface area contributed by atoms with Gasteiger partial charge in [-0.25, -0.2) is 0 Å². The molecule has 0 bridgehead atoms. The molecule has 2 fully saturated rings. The van der Waals surface area contributed by atoms with Crippen LogP contribution < -0.4 is 0 Å². The monoisotopic (exact) mass is 323 g/mol. The molecule has 2 aliphatic heterocycles. The van der Waals surface area contributed by atoms with Gasteiger partial charge in [0.25, 0.3) is 5.91 Å². The molecule has 2 aliphatic rings. The maximum atomic E-state index is 12.5. The van der Waals surface area contributed by atoms with Crippen LogP contribution in [0.25, 0.3) is 0 Å². The molecule has 0 N–H and O–H groups in total. The standard InChI is InChI=1S/C17H22ClNO3/c1-2-21-15-11-17(22-12-15)7-9-19(10-8-17)16(20)13-3-5-14(18)6-4-13/h3-6,15H,2,7-12H2,1H3/t15-/m0/s1. The van der Waals surface area contributed by atoms with Gasteiger partial charge in [0.05, 0.1) is 18.3 Å². The average Bonchev–Trinajstić information content (AvgIpc) is 2.91. The Labute approximate surface area is 136 Å². The number of hydrogen-bond acceptors (Lipinski definition) is 3. The normalized spacial score (nSPS) is 23.9. The minimum absolute atomic E-state index is 0.0749. The van der Waals surface area contributed by atoms with E-state index in [0.717, 1.165) is 39.0 Å². The zero-order valence-corrected chi connectivity index (χ0v) is 13.6. The van der Waals surface area contributed by atoms with Gasteiger partial charge in [-0.2, -0.15) is 0 Å². The third-order valence-corrected chi connectivity index (χ3v) is 4.88. The molecular formula is C17H22ClNO3. The van der Waals surface area contributed by atoms with Crippen LogP contribution in [-0.4, -0.2) is 48.8 Å². The average molecular weight is 324 g/mol. The van der Waals surface area contributed by atoms with Gasteiger partial charge in [-0.15, -0.1) is 0 Å². The van der Waals surface area contributed by atoms with Gasteiger partial charge in [-0.1, -0.05) is 11.6 Å². The van der Waals surface area contributed by atoms with Crippen LogP contribution in [-0.2, 0) is 9.47 Å². The molecule has 5 heteroatoms. The molecule has 0 unspecified atom stereocenters. The lowest BCUT2D eigenvalue weighted by Crippen LogP contribution is -2.46. The first-order valence-corrected chi connectivity index (χ1v) is 8.30. The number of carbonyl (C=O) groups excluding carboxylic acids is 1. The highest BCUT2D eigenvalue weighted by molar-refractivity contribution is 6.30. The summed E-state index contributed by atoms with van der Waals surface area (Å²) in [5.74, 6) is 0.0749. The van der Waals surface area contributed by atoms with Gasteiger partial charge >= 0.3 is 0 Å². The van der Waals surface area contributed by atoms with Gasteiger partial charge in [0.2, 0.25) is 0 Å². The van der Waals surface area contributed by atoms with E-state index < -0.39 is 0 Å². The molecule has 0 aliphatic carbocycles. The number of nitrogens with zero attached hydrogens (tertiary/aromatic N) is 1. The van der Waals surface area contributed by atoms with Crippen molar-refractivity contribution in [2.24, 2.45) is 0 Å². The molecule has 0 saturated carbocycles. The van der Waals surface area contributed by atoms with E-state index in [1.54, 1.807) is 24.3 Å². The lowest BCUT2D eigenvalue weighted by molar-refractivity contribution is -0.0407. The number of halogens is 1. The molecule has 0 aromatic heterocycles. The minimum atomic E-state index is -0.0867. The SMILES string of the molecule is CCO[C@@H]1COC2(CCN(C(=O)c3ccc(Cl)cc3)CC2)C1. The van der Waals surface area contributed by atoms with Crippen molar-refractivity contribution in [3.05, 3.63) is 34.9 Å². The summed E-state index contributed by atoms with van der Waals surface area (Å²) >= 11 is 5.87. The Bertz CT molecular complexity index is 523. The molecule has 4 nitrogen and oxygen atoms in total. The summed E-state index contributed by atoms with van der Waals surface area (Å²) in [7, 11) is 0. The Morgan fingerprint density at radius 2 is 2.05 bits per heavy atom. The molecule has 3 rings (SSSR count). The fourth-order valence-electron chi connectivity index (χ4n) is 3.39. The summed E-state index contributed by atoms with van der Waals surface area (Å²) in [5, 5.41) is 0.649. The number of benzene rings is 1. The van der Waals surface area contributed by atoms with Crippen molar-refractivity contribution in [1.29, 1.82) is 0 Å². The van der Waals surface area contributed by atoms with Crippen molar-refractivity contribution >= 4 is 17.5 Å². The largest absolute Gasteiger partial charge is 0.376 e. The smallest absolute Gasteiger partial charge is 0.253 e. The van der Waals surface area contributed by atoms with Gasteiger partial charge in [-0.3, -0.25) is 4.79 Å². The predicted molar refractivity (Wildman–Crippen MR) is 85.3 cm³/mol. The lowest BCUT2D eigenvalue weighted by atomic mass is 9.87. The second kappa shape index (κ2) is 6.57. The van der Waals surface area contributed by atoms with Crippen molar-refractivity contribution in [3.8, 4) is 0 Å². The van der Waals surface area contributed by atoms with E-state index in [-0.39, 0.29) is 17.6 Å². The molecule has 120 valence electrons. The van der Waals surface area contributed by atoms with Gasteiger partial charge in [0.15, 0.2) is 0 Å². The van der Waals surface area contributed by atoms with Gasteiger partial charge in [0, 0.05) is 36.7 Å². The fraction of sp³-hybridized carbons (Fsp3) is 0.588. The second-order valence-corrected chi connectivity index (χ2v) is 6.51. The van der Waals surface area contributed by atoms with Crippen LogP contribution >= 0.6 is 11.6 Å². The number of likely N-dealkylation sites (tertiary alicyclic amines) is 1. The lowest BCUT2D eigenvalue weighted by Gasteiger charge is -2.38. The summed E-state index contributed by atoms with van der Waals surface area (Å²) in [6, 6.07) is 7.08. The molecule has 2 heterocycles. The summed E-state index contributed by atoms with van der Waals surface area (Å²) in [5.41, 5.74) is 0.608. The zero-order valence-electron chi connectivity index (χ0n) is 12.9. The van der Waals surface area contributed by atoms with Crippen LogP contribution in [0, 0.1) is 0 Å². The minimum Gasteiger partial charge on any atom is -0.376 e. The first-order valence-electron chi connectivity index (χ1n) is 7.92. The highest BCUT2D eigenvalue weighted by Gasteiger charge is 2.43. The summed E-state index contributed by atoms with van der Waals surface area (Å²) in [4.78, 5) is 14.4. The van der Waals surface area contributed by atoms with Crippen molar-refractivity contribution in [3.63, 3.8) is 0 Å². The molecule has 1 spiro atoms. The van der Waals surface area contributed by atoms with Crippen LogP contribution in [0.2, 0.25) is 5.02 Å². The third kappa shape index (κ3) is 3.29. The van der Waals surface area contributed by atoms with Crippen LogP contribution in [0.1, 0.15) is 36.5 Å². The molecule has 1 amide bonds. The Kier molecular flexibility index (Phi) is 4.71. The van der Waals surface area contributed by atoms with E-state index in [0.29, 0.717) is 17.2 Å².